The molecule has 0 aliphatic rings. The molecule has 14 heteroatoms. The standard InChI is InChI=1S/C28H20Br4N4O6/c29-19-9-16(23(37)21(31)25(19)39)11-33-35-27(41)18(8-13-5-6-14-3-1-2-4-15(14)7-13)28(42)36-34-12-17-10-20(30)26(40)22(32)24(17)38/h1-7,9-12,18,37-40H,8H2,(H,35,41)(H,36,42)/b33-11+,34-12+. The number of fused-ring (bicyclic) bond motifs is 1. The number of benzene rings is 4. The van der Waals surface area contributed by atoms with Gasteiger partial charge in [-0.2, -0.15) is 10.2 Å². The van der Waals surface area contributed by atoms with Gasteiger partial charge >= 0.3 is 0 Å². The maximum absolute atomic E-state index is 13.2. The fraction of sp³-hybridized carbons (Fsp3) is 0.0714. The zero-order chi connectivity index (χ0) is 30.6. The van der Waals surface area contributed by atoms with Crippen molar-refractivity contribution in [3.05, 3.63) is 89.2 Å². The molecule has 0 spiro atoms. The average Bonchev–Trinajstić information content (AvgIpc) is 2.98. The van der Waals surface area contributed by atoms with Gasteiger partial charge < -0.3 is 20.4 Å². The van der Waals surface area contributed by atoms with E-state index < -0.39 is 17.7 Å². The number of carbonyl (C=O) groups is 2. The van der Waals surface area contributed by atoms with E-state index in [4.69, 9.17) is 0 Å². The molecular weight excluding hydrogens is 808 g/mol. The van der Waals surface area contributed by atoms with Crippen molar-refractivity contribution in [2.24, 2.45) is 16.1 Å². The first-order chi connectivity index (χ1) is 20.0. The summed E-state index contributed by atoms with van der Waals surface area (Å²) in [6.45, 7) is 0. The van der Waals surface area contributed by atoms with Gasteiger partial charge in [0, 0.05) is 11.1 Å². The summed E-state index contributed by atoms with van der Waals surface area (Å²) in [7, 11) is 0. The van der Waals surface area contributed by atoms with Crippen molar-refractivity contribution in [1.29, 1.82) is 0 Å². The third-order valence-electron chi connectivity index (χ3n) is 6.04. The Hall–Kier alpha value is -3.46. The molecule has 0 saturated heterocycles. The summed E-state index contributed by atoms with van der Waals surface area (Å²) in [5, 5.41) is 50.0. The molecule has 0 unspecified atom stereocenters. The fourth-order valence-corrected chi connectivity index (χ4v) is 6.13. The summed E-state index contributed by atoms with van der Waals surface area (Å²) in [4.78, 5) is 26.4. The van der Waals surface area contributed by atoms with Crippen LogP contribution >= 0.6 is 63.7 Å². The van der Waals surface area contributed by atoms with Gasteiger partial charge in [0.1, 0.15) is 37.9 Å². The fourth-order valence-electron chi connectivity index (χ4n) is 3.82. The van der Waals surface area contributed by atoms with Gasteiger partial charge in [-0.1, -0.05) is 42.5 Å². The Kier molecular flexibility index (Phi) is 10.2. The number of phenolic OH excluding ortho intramolecular Hbond substituents is 4. The summed E-state index contributed by atoms with van der Waals surface area (Å²) in [6, 6.07) is 16.0. The Morgan fingerprint density at radius 3 is 1.67 bits per heavy atom. The third-order valence-corrected chi connectivity index (χ3v) is 8.75. The van der Waals surface area contributed by atoms with E-state index in [2.05, 4.69) is 84.8 Å². The number of rotatable bonds is 8. The Balaban J connectivity index is 1.57. The number of aromatic hydroxyl groups is 4. The van der Waals surface area contributed by atoms with Gasteiger partial charge in [0.25, 0.3) is 11.8 Å². The molecular formula is C28H20Br4N4O6. The lowest BCUT2D eigenvalue weighted by Crippen LogP contribution is -2.39. The molecule has 10 nitrogen and oxygen atoms in total. The van der Waals surface area contributed by atoms with Crippen molar-refractivity contribution in [3.8, 4) is 23.0 Å². The van der Waals surface area contributed by atoms with Gasteiger partial charge in [0.2, 0.25) is 0 Å². The summed E-state index contributed by atoms with van der Waals surface area (Å²) < 4.78 is 0.639. The number of nitrogens with one attached hydrogen (secondary N) is 2. The van der Waals surface area contributed by atoms with Crippen LogP contribution in [0.5, 0.6) is 23.0 Å². The number of hydrazone groups is 2. The molecule has 2 amide bonds. The second-order valence-corrected chi connectivity index (χ2v) is 12.1. The zero-order valence-corrected chi connectivity index (χ0v) is 27.5. The van der Waals surface area contributed by atoms with Gasteiger partial charge in [-0.3, -0.25) is 9.59 Å². The Morgan fingerprint density at radius 2 is 1.17 bits per heavy atom. The number of hydrogen-bond acceptors (Lipinski definition) is 8. The summed E-state index contributed by atoms with van der Waals surface area (Å²) >= 11 is 12.5. The molecule has 4 aromatic carbocycles. The van der Waals surface area contributed by atoms with E-state index in [-0.39, 0.29) is 58.4 Å². The molecule has 4 rings (SSSR count). The smallest absolute Gasteiger partial charge is 0.253 e. The van der Waals surface area contributed by atoms with Crippen molar-refractivity contribution in [2.45, 2.75) is 6.42 Å². The quantitative estimate of drug-likeness (QED) is 0.0707. The number of amides is 2. The van der Waals surface area contributed by atoms with E-state index in [9.17, 15) is 30.0 Å². The zero-order valence-electron chi connectivity index (χ0n) is 21.1. The van der Waals surface area contributed by atoms with Crippen molar-refractivity contribution < 1.29 is 30.0 Å². The lowest BCUT2D eigenvalue weighted by atomic mass is 9.96. The van der Waals surface area contributed by atoms with E-state index in [0.29, 0.717) is 5.56 Å². The minimum atomic E-state index is -1.28. The highest BCUT2D eigenvalue weighted by molar-refractivity contribution is 9.11. The largest absolute Gasteiger partial charge is 0.506 e. The van der Waals surface area contributed by atoms with Crippen molar-refractivity contribution >= 4 is 98.7 Å². The number of halogens is 4. The lowest BCUT2D eigenvalue weighted by Gasteiger charge is -2.14. The molecule has 0 aliphatic heterocycles. The highest BCUT2D eigenvalue weighted by Crippen LogP contribution is 2.41. The van der Waals surface area contributed by atoms with Crippen LogP contribution in [0.2, 0.25) is 0 Å². The second kappa shape index (κ2) is 13.7. The first kappa shape index (κ1) is 31.5. The van der Waals surface area contributed by atoms with Gasteiger partial charge in [0.15, 0.2) is 0 Å². The average molecular weight is 828 g/mol. The highest BCUT2D eigenvalue weighted by atomic mass is 79.9. The van der Waals surface area contributed by atoms with Crippen LogP contribution in [-0.2, 0) is 16.0 Å². The van der Waals surface area contributed by atoms with Crippen LogP contribution < -0.4 is 10.9 Å². The summed E-state index contributed by atoms with van der Waals surface area (Å²) in [6.07, 6.45) is 2.33. The predicted molar refractivity (Wildman–Crippen MR) is 173 cm³/mol. The second-order valence-electron chi connectivity index (χ2n) is 8.82. The molecule has 0 fully saturated rings. The van der Waals surface area contributed by atoms with Gasteiger partial charge in [-0.15, -0.1) is 0 Å². The van der Waals surface area contributed by atoms with E-state index in [1.165, 1.54) is 12.1 Å². The summed E-state index contributed by atoms with van der Waals surface area (Å²) in [5.41, 5.74) is 5.71. The van der Waals surface area contributed by atoms with Crippen LogP contribution in [0.4, 0.5) is 0 Å². The molecule has 6 N–H and O–H groups in total. The molecule has 42 heavy (non-hydrogen) atoms. The van der Waals surface area contributed by atoms with E-state index in [1.807, 2.05) is 42.5 Å². The van der Waals surface area contributed by atoms with Gasteiger partial charge in [-0.25, -0.2) is 10.9 Å². The molecule has 216 valence electrons. The highest BCUT2D eigenvalue weighted by Gasteiger charge is 2.27. The Labute approximate surface area is 272 Å². The predicted octanol–water partition coefficient (Wildman–Crippen LogP) is 6.17. The first-order valence-electron chi connectivity index (χ1n) is 11.9. The van der Waals surface area contributed by atoms with E-state index in [0.717, 1.165) is 23.2 Å². The van der Waals surface area contributed by atoms with E-state index in [1.54, 1.807) is 0 Å². The van der Waals surface area contributed by atoms with Crippen LogP contribution in [0.3, 0.4) is 0 Å². The maximum atomic E-state index is 13.2. The van der Waals surface area contributed by atoms with Crippen molar-refractivity contribution in [2.75, 3.05) is 0 Å². The topological polar surface area (TPSA) is 164 Å². The molecule has 0 radical (unpaired) electrons. The third kappa shape index (κ3) is 7.12. The molecule has 0 aliphatic carbocycles. The van der Waals surface area contributed by atoms with Crippen molar-refractivity contribution in [3.63, 3.8) is 0 Å². The monoisotopic (exact) mass is 824 g/mol. The van der Waals surface area contributed by atoms with Crippen LogP contribution in [0.25, 0.3) is 10.8 Å². The minimum Gasteiger partial charge on any atom is -0.506 e. The number of carbonyl (C=O) groups excluding carboxylic acids is 2. The molecule has 4 aromatic rings. The molecule has 0 aromatic heterocycles. The normalized spacial score (nSPS) is 11.5. The molecule has 0 atom stereocenters. The number of phenols is 4. The van der Waals surface area contributed by atoms with Crippen molar-refractivity contribution in [1.82, 2.24) is 10.9 Å². The van der Waals surface area contributed by atoms with Crippen LogP contribution in [0, 0.1) is 5.92 Å². The molecule has 0 saturated carbocycles. The number of nitrogens with zero attached hydrogens (tertiary/aromatic N) is 2. The number of hydrogen-bond donors (Lipinski definition) is 6. The maximum Gasteiger partial charge on any atom is 0.253 e. The van der Waals surface area contributed by atoms with Crippen LogP contribution in [-0.4, -0.2) is 44.7 Å². The lowest BCUT2D eigenvalue weighted by molar-refractivity contribution is -0.135. The minimum absolute atomic E-state index is 0.0106. The van der Waals surface area contributed by atoms with Gasteiger partial charge in [-0.05, 0) is 98.6 Å². The molecule has 0 bridgehead atoms. The van der Waals surface area contributed by atoms with E-state index >= 15 is 0 Å². The Morgan fingerprint density at radius 1 is 0.690 bits per heavy atom. The SMILES string of the molecule is O=C(N/N=C/c1cc(Br)c(O)c(Br)c1O)C(Cc1ccc2ccccc2c1)C(=O)N/N=C/c1cc(Br)c(O)c(Br)c1O. The first-order valence-corrected chi connectivity index (χ1v) is 15.1. The molecule has 0 heterocycles. The van der Waals surface area contributed by atoms with Crippen LogP contribution in [0.15, 0.2) is 82.7 Å². The Bertz CT molecular complexity index is 1680. The van der Waals surface area contributed by atoms with Gasteiger partial charge in [0.05, 0.1) is 21.4 Å². The summed E-state index contributed by atoms with van der Waals surface area (Å²) in [5.74, 6) is -3.79. The van der Waals surface area contributed by atoms with Crippen LogP contribution in [0.1, 0.15) is 16.7 Å².